The number of aliphatic imine (C=N–C) groups is 2. The number of amidine groups is 1. The summed E-state index contributed by atoms with van der Waals surface area (Å²) in [7, 11) is 1.70. The lowest BCUT2D eigenvalue weighted by atomic mass is 10.0. The van der Waals surface area contributed by atoms with Crippen molar-refractivity contribution in [1.82, 2.24) is 4.98 Å². The number of nitrogens with two attached hydrogens (primary N) is 1. The molecule has 6 heteroatoms. The number of nitrogens with zero attached hydrogens (tertiary/aromatic N) is 3. The first-order chi connectivity index (χ1) is 13.9. The molecule has 0 amide bonds. The number of ether oxygens (including phenoxy) is 1. The van der Waals surface area contributed by atoms with Crippen LogP contribution in [0, 0.1) is 26.2 Å². The van der Waals surface area contributed by atoms with Crippen LogP contribution in [0.25, 0.3) is 5.57 Å². The van der Waals surface area contributed by atoms with E-state index in [4.69, 9.17) is 15.9 Å². The summed E-state index contributed by atoms with van der Waals surface area (Å²) < 4.78 is 5.13. The van der Waals surface area contributed by atoms with Gasteiger partial charge in [-0.05, 0) is 56.5 Å². The molecule has 0 fully saturated rings. The van der Waals surface area contributed by atoms with E-state index in [9.17, 15) is 0 Å². The van der Waals surface area contributed by atoms with Crippen LogP contribution in [-0.4, -0.2) is 36.4 Å². The van der Waals surface area contributed by atoms with Gasteiger partial charge in [-0.3, -0.25) is 9.98 Å². The van der Waals surface area contributed by atoms with E-state index in [0.717, 1.165) is 41.1 Å². The van der Waals surface area contributed by atoms with Gasteiger partial charge >= 0.3 is 0 Å². The SMILES string of the molecule is CC(=N)c1cnc(/C(=C/N)C2=NCCC=N2)cc1C.COc1cc(C)ccc1C. The van der Waals surface area contributed by atoms with E-state index in [0.29, 0.717) is 11.5 Å². The lowest BCUT2D eigenvalue weighted by Crippen LogP contribution is -2.09. The zero-order valence-corrected chi connectivity index (χ0v) is 17.8. The van der Waals surface area contributed by atoms with Crippen molar-refractivity contribution in [2.75, 3.05) is 13.7 Å². The number of nitrogens with one attached hydrogen (secondary N) is 1. The molecule has 2 heterocycles. The van der Waals surface area contributed by atoms with Gasteiger partial charge in [-0.15, -0.1) is 0 Å². The minimum absolute atomic E-state index is 0.503. The number of hydrogen-bond donors (Lipinski definition) is 2. The minimum Gasteiger partial charge on any atom is -0.496 e. The Morgan fingerprint density at radius 2 is 1.93 bits per heavy atom. The van der Waals surface area contributed by atoms with E-state index >= 15 is 0 Å². The van der Waals surface area contributed by atoms with Crippen LogP contribution in [0.3, 0.4) is 0 Å². The lowest BCUT2D eigenvalue weighted by Gasteiger charge is -2.11. The Labute approximate surface area is 172 Å². The smallest absolute Gasteiger partial charge is 0.157 e. The highest BCUT2D eigenvalue weighted by atomic mass is 16.5. The molecule has 29 heavy (non-hydrogen) atoms. The third kappa shape index (κ3) is 5.85. The number of rotatable bonds is 4. The molecule has 1 aromatic heterocycles. The number of aromatic nitrogens is 1. The standard InChI is InChI=1S/C14H17N5.C9H12O/c1-9-6-13(19-8-12(9)10(2)16)11(7-15)14-17-4-3-5-18-14;1-7-4-5-8(2)9(6-7)10-3/h4,6-8,16H,3,5,15H2,1-2H3;4-6H,1-3H3/b11-7-,16-10?;. The fourth-order valence-corrected chi connectivity index (χ4v) is 2.87. The summed E-state index contributed by atoms with van der Waals surface area (Å²) in [4.78, 5) is 13.0. The highest BCUT2D eigenvalue weighted by Gasteiger charge is 2.13. The van der Waals surface area contributed by atoms with E-state index < -0.39 is 0 Å². The first-order valence-corrected chi connectivity index (χ1v) is 9.50. The summed E-state index contributed by atoms with van der Waals surface area (Å²) in [5.41, 5.74) is 11.9. The van der Waals surface area contributed by atoms with Gasteiger partial charge in [0.15, 0.2) is 5.84 Å². The molecule has 0 atom stereocenters. The molecule has 0 bridgehead atoms. The predicted molar refractivity (Wildman–Crippen MR) is 122 cm³/mol. The van der Waals surface area contributed by atoms with Gasteiger partial charge in [-0.2, -0.15) is 0 Å². The van der Waals surface area contributed by atoms with Gasteiger partial charge in [-0.1, -0.05) is 12.1 Å². The van der Waals surface area contributed by atoms with E-state index in [2.05, 4.69) is 34.0 Å². The third-order valence-electron chi connectivity index (χ3n) is 4.50. The van der Waals surface area contributed by atoms with Crippen LogP contribution in [0.1, 0.15) is 41.3 Å². The Balaban J connectivity index is 0.000000253. The second-order valence-corrected chi connectivity index (χ2v) is 6.87. The van der Waals surface area contributed by atoms with Crippen LogP contribution in [0.2, 0.25) is 0 Å². The van der Waals surface area contributed by atoms with E-state index in [1.165, 1.54) is 17.3 Å². The predicted octanol–water partition coefficient (Wildman–Crippen LogP) is 4.26. The molecule has 0 spiro atoms. The molecular weight excluding hydrogens is 362 g/mol. The quantitative estimate of drug-likeness (QED) is 0.762. The summed E-state index contributed by atoms with van der Waals surface area (Å²) in [5.74, 6) is 1.60. The number of hydrogen-bond acceptors (Lipinski definition) is 6. The van der Waals surface area contributed by atoms with Gasteiger partial charge < -0.3 is 15.9 Å². The van der Waals surface area contributed by atoms with Crippen molar-refractivity contribution in [3.8, 4) is 5.75 Å². The molecule has 152 valence electrons. The van der Waals surface area contributed by atoms with Gasteiger partial charge in [0.25, 0.3) is 0 Å². The Hall–Kier alpha value is -3.28. The van der Waals surface area contributed by atoms with E-state index in [1.54, 1.807) is 20.2 Å². The highest BCUT2D eigenvalue weighted by molar-refractivity contribution is 6.24. The van der Waals surface area contributed by atoms with Crippen LogP contribution in [0.15, 0.2) is 46.6 Å². The Kier molecular flexibility index (Phi) is 7.83. The average molecular weight is 392 g/mol. The summed E-state index contributed by atoms with van der Waals surface area (Å²) in [6.45, 7) is 8.53. The Bertz CT molecular complexity index is 973. The zero-order chi connectivity index (χ0) is 21.4. The van der Waals surface area contributed by atoms with E-state index in [1.807, 2.05) is 32.2 Å². The minimum atomic E-state index is 0.503. The number of aryl methyl sites for hydroxylation is 3. The molecule has 1 aromatic carbocycles. The first kappa shape index (κ1) is 22.0. The molecule has 1 aliphatic heterocycles. The van der Waals surface area contributed by atoms with Gasteiger partial charge in [0.05, 0.1) is 18.4 Å². The fraction of sp³-hybridized carbons (Fsp3) is 0.304. The molecule has 0 aliphatic carbocycles. The lowest BCUT2D eigenvalue weighted by molar-refractivity contribution is 0.411. The molecule has 3 N–H and O–H groups in total. The Morgan fingerprint density at radius 3 is 2.45 bits per heavy atom. The molecule has 2 aromatic rings. The molecule has 0 saturated heterocycles. The second-order valence-electron chi connectivity index (χ2n) is 6.87. The average Bonchev–Trinajstić information content (AvgIpc) is 2.71. The largest absolute Gasteiger partial charge is 0.496 e. The van der Waals surface area contributed by atoms with Crippen molar-refractivity contribution in [3.63, 3.8) is 0 Å². The maximum absolute atomic E-state index is 7.67. The molecule has 1 aliphatic rings. The van der Waals surface area contributed by atoms with Crippen molar-refractivity contribution in [2.45, 2.75) is 34.1 Å². The second kappa shape index (κ2) is 10.3. The van der Waals surface area contributed by atoms with Crippen LogP contribution in [0.4, 0.5) is 0 Å². The van der Waals surface area contributed by atoms with Crippen LogP contribution < -0.4 is 10.5 Å². The summed E-state index contributed by atoms with van der Waals surface area (Å²) in [6, 6.07) is 8.10. The summed E-state index contributed by atoms with van der Waals surface area (Å²) in [6.07, 6.45) is 5.89. The van der Waals surface area contributed by atoms with Gasteiger partial charge in [0.2, 0.25) is 0 Å². The van der Waals surface area contributed by atoms with Crippen molar-refractivity contribution in [2.24, 2.45) is 15.7 Å². The fourth-order valence-electron chi connectivity index (χ4n) is 2.87. The number of methoxy groups -OCH3 is 1. The summed E-state index contributed by atoms with van der Waals surface area (Å²) in [5, 5.41) is 7.67. The van der Waals surface area contributed by atoms with Crippen LogP contribution in [0.5, 0.6) is 5.75 Å². The molecule has 0 radical (unpaired) electrons. The maximum Gasteiger partial charge on any atom is 0.157 e. The molecule has 3 rings (SSSR count). The van der Waals surface area contributed by atoms with Crippen molar-refractivity contribution < 1.29 is 4.74 Å². The molecule has 0 saturated carbocycles. The third-order valence-corrected chi connectivity index (χ3v) is 4.50. The monoisotopic (exact) mass is 391 g/mol. The van der Waals surface area contributed by atoms with Gasteiger partial charge in [0.1, 0.15) is 5.75 Å². The topological polar surface area (TPSA) is 96.7 Å². The highest BCUT2D eigenvalue weighted by Crippen LogP contribution is 2.19. The van der Waals surface area contributed by atoms with Crippen molar-refractivity contribution in [3.05, 3.63) is 64.6 Å². The van der Waals surface area contributed by atoms with Crippen LogP contribution in [-0.2, 0) is 0 Å². The zero-order valence-electron chi connectivity index (χ0n) is 17.8. The number of pyridine rings is 1. The van der Waals surface area contributed by atoms with Crippen molar-refractivity contribution in [1.29, 1.82) is 5.41 Å². The molecular formula is C23H29N5O. The first-order valence-electron chi connectivity index (χ1n) is 9.50. The Morgan fingerprint density at radius 1 is 1.17 bits per heavy atom. The normalized spacial score (nSPS) is 13.3. The van der Waals surface area contributed by atoms with Gasteiger partial charge in [0, 0.05) is 42.9 Å². The van der Waals surface area contributed by atoms with Crippen LogP contribution >= 0.6 is 0 Å². The molecule has 0 unspecified atom stereocenters. The molecule has 6 nitrogen and oxygen atoms in total. The summed E-state index contributed by atoms with van der Waals surface area (Å²) >= 11 is 0. The van der Waals surface area contributed by atoms with Crippen molar-refractivity contribution >= 4 is 23.3 Å². The van der Waals surface area contributed by atoms with Gasteiger partial charge in [-0.25, -0.2) is 4.99 Å². The van der Waals surface area contributed by atoms with E-state index in [-0.39, 0.29) is 0 Å². The maximum atomic E-state index is 7.67. The number of benzene rings is 1.